The van der Waals surface area contributed by atoms with E-state index in [0.29, 0.717) is 11.9 Å². The molecule has 1 aromatic carbocycles. The molecule has 1 saturated carbocycles. The number of nitrogens with one attached hydrogen (secondary N) is 1. The van der Waals surface area contributed by atoms with Gasteiger partial charge in [0.15, 0.2) is 0 Å². The van der Waals surface area contributed by atoms with Crippen molar-refractivity contribution in [1.29, 1.82) is 0 Å². The van der Waals surface area contributed by atoms with Gasteiger partial charge in [-0.2, -0.15) is 0 Å². The fourth-order valence-electron chi connectivity index (χ4n) is 2.93. The van der Waals surface area contributed by atoms with Crippen molar-refractivity contribution < 1.29 is 4.79 Å². The van der Waals surface area contributed by atoms with Gasteiger partial charge in [0.25, 0.3) is 0 Å². The molecule has 3 rings (SSSR count). The predicted molar refractivity (Wildman–Crippen MR) is 71.4 cm³/mol. The lowest BCUT2D eigenvalue weighted by molar-refractivity contribution is -0.135. The number of hydrogen-bond acceptors (Lipinski definition) is 2. The molecule has 0 bridgehead atoms. The van der Waals surface area contributed by atoms with Crippen molar-refractivity contribution in [3.05, 3.63) is 35.9 Å². The van der Waals surface area contributed by atoms with Crippen molar-refractivity contribution in [2.45, 2.75) is 31.2 Å². The van der Waals surface area contributed by atoms with Crippen molar-refractivity contribution in [3.63, 3.8) is 0 Å². The number of carbonyl (C=O) groups is 1. The van der Waals surface area contributed by atoms with Gasteiger partial charge in [0.2, 0.25) is 5.91 Å². The average Bonchev–Trinajstić information content (AvgIpc) is 3.20. The summed E-state index contributed by atoms with van der Waals surface area (Å²) in [6.07, 6.45) is 2.02. The number of benzene rings is 1. The van der Waals surface area contributed by atoms with Gasteiger partial charge >= 0.3 is 0 Å². The molecule has 2 fully saturated rings. The second-order valence-electron chi connectivity index (χ2n) is 5.55. The predicted octanol–water partition coefficient (Wildman–Crippen LogP) is 1.54. The van der Waals surface area contributed by atoms with Gasteiger partial charge in [0.1, 0.15) is 0 Å². The monoisotopic (exact) mass is 244 g/mol. The van der Waals surface area contributed by atoms with Crippen LogP contribution in [0.2, 0.25) is 0 Å². The third-order valence-electron chi connectivity index (χ3n) is 4.14. The van der Waals surface area contributed by atoms with Gasteiger partial charge in [-0.15, -0.1) is 0 Å². The second kappa shape index (κ2) is 4.39. The lowest BCUT2D eigenvalue weighted by Gasteiger charge is -2.34. The molecule has 0 spiro atoms. The zero-order valence-electron chi connectivity index (χ0n) is 10.9. The maximum Gasteiger partial charge on any atom is 0.233 e. The van der Waals surface area contributed by atoms with E-state index in [1.165, 1.54) is 5.56 Å². The van der Waals surface area contributed by atoms with Gasteiger partial charge in [-0.3, -0.25) is 4.79 Å². The highest BCUT2D eigenvalue weighted by Gasteiger charge is 2.53. The van der Waals surface area contributed by atoms with E-state index in [9.17, 15) is 4.79 Å². The summed E-state index contributed by atoms with van der Waals surface area (Å²) in [7, 11) is 0. The lowest BCUT2D eigenvalue weighted by Crippen LogP contribution is -2.53. The fraction of sp³-hybridized carbons (Fsp3) is 0.533. The third kappa shape index (κ3) is 1.93. The molecule has 1 aromatic rings. The Bertz CT molecular complexity index is 439. The van der Waals surface area contributed by atoms with Crippen LogP contribution in [0.1, 0.15) is 25.3 Å². The zero-order chi connectivity index (χ0) is 12.6. The molecular weight excluding hydrogens is 224 g/mol. The summed E-state index contributed by atoms with van der Waals surface area (Å²) < 4.78 is 0. The molecular formula is C15H20N2O. The second-order valence-corrected chi connectivity index (χ2v) is 5.55. The summed E-state index contributed by atoms with van der Waals surface area (Å²) in [6, 6.07) is 10.7. The third-order valence-corrected chi connectivity index (χ3v) is 4.14. The van der Waals surface area contributed by atoms with Gasteiger partial charge in [0, 0.05) is 25.7 Å². The van der Waals surface area contributed by atoms with E-state index in [1.54, 1.807) is 0 Å². The quantitative estimate of drug-likeness (QED) is 0.856. The number of hydrogen-bond donors (Lipinski definition) is 1. The molecule has 1 amide bonds. The van der Waals surface area contributed by atoms with Crippen LogP contribution in [0.5, 0.6) is 0 Å². The van der Waals surface area contributed by atoms with Crippen LogP contribution in [0.15, 0.2) is 30.3 Å². The number of piperazine rings is 1. The Hall–Kier alpha value is -1.35. The summed E-state index contributed by atoms with van der Waals surface area (Å²) >= 11 is 0. The van der Waals surface area contributed by atoms with E-state index in [1.807, 2.05) is 23.1 Å². The molecule has 18 heavy (non-hydrogen) atoms. The Morgan fingerprint density at radius 2 is 2.06 bits per heavy atom. The Balaban J connectivity index is 1.80. The topological polar surface area (TPSA) is 32.3 Å². The van der Waals surface area contributed by atoms with Crippen LogP contribution in [-0.4, -0.2) is 36.5 Å². The highest BCUT2D eigenvalue weighted by Crippen LogP contribution is 2.49. The largest absolute Gasteiger partial charge is 0.339 e. The summed E-state index contributed by atoms with van der Waals surface area (Å²) in [5.74, 6) is 0.335. The maximum atomic E-state index is 12.7. The van der Waals surface area contributed by atoms with E-state index >= 15 is 0 Å². The summed E-state index contributed by atoms with van der Waals surface area (Å²) in [6.45, 7) is 4.74. The molecule has 0 aromatic heterocycles. The molecule has 0 unspecified atom stereocenters. The highest BCUT2D eigenvalue weighted by molar-refractivity contribution is 5.91. The van der Waals surface area contributed by atoms with Gasteiger partial charge in [0.05, 0.1) is 5.41 Å². The lowest BCUT2D eigenvalue weighted by atomic mass is 9.94. The van der Waals surface area contributed by atoms with Gasteiger partial charge in [-0.25, -0.2) is 0 Å². The first kappa shape index (κ1) is 11.7. The number of nitrogens with zero attached hydrogens (tertiary/aromatic N) is 1. The molecule has 1 N–H and O–H groups in total. The SMILES string of the molecule is C[C@H]1CN(C(=O)C2(c3ccccc3)CC2)CCN1. The first-order valence-corrected chi connectivity index (χ1v) is 6.81. The van der Waals surface area contributed by atoms with Gasteiger partial charge in [-0.05, 0) is 25.3 Å². The maximum absolute atomic E-state index is 12.7. The smallest absolute Gasteiger partial charge is 0.233 e. The average molecular weight is 244 g/mol. The summed E-state index contributed by atoms with van der Waals surface area (Å²) in [5.41, 5.74) is 0.999. The van der Waals surface area contributed by atoms with E-state index in [0.717, 1.165) is 32.5 Å². The molecule has 1 aliphatic heterocycles. The molecule has 3 nitrogen and oxygen atoms in total. The first-order chi connectivity index (χ1) is 8.72. The van der Waals surface area contributed by atoms with Crippen molar-refractivity contribution in [1.82, 2.24) is 10.2 Å². The Morgan fingerprint density at radius 1 is 1.33 bits per heavy atom. The Labute approximate surface area is 108 Å². The van der Waals surface area contributed by atoms with Crippen molar-refractivity contribution in [2.75, 3.05) is 19.6 Å². The number of carbonyl (C=O) groups excluding carboxylic acids is 1. The molecule has 0 radical (unpaired) electrons. The van der Waals surface area contributed by atoms with E-state index in [4.69, 9.17) is 0 Å². The number of rotatable bonds is 2. The Morgan fingerprint density at radius 3 is 2.67 bits per heavy atom. The normalized spacial score (nSPS) is 25.8. The van der Waals surface area contributed by atoms with Gasteiger partial charge in [-0.1, -0.05) is 30.3 Å². The van der Waals surface area contributed by atoms with Crippen molar-refractivity contribution in [3.8, 4) is 0 Å². The van der Waals surface area contributed by atoms with Crippen LogP contribution in [0.25, 0.3) is 0 Å². The fourth-order valence-corrected chi connectivity index (χ4v) is 2.93. The first-order valence-electron chi connectivity index (χ1n) is 6.81. The van der Waals surface area contributed by atoms with Crippen molar-refractivity contribution in [2.24, 2.45) is 0 Å². The van der Waals surface area contributed by atoms with Gasteiger partial charge < -0.3 is 10.2 Å². The molecule has 1 atom stereocenters. The van der Waals surface area contributed by atoms with Crippen molar-refractivity contribution >= 4 is 5.91 Å². The highest BCUT2D eigenvalue weighted by atomic mass is 16.2. The minimum absolute atomic E-state index is 0.196. The molecule has 1 heterocycles. The van der Waals surface area contributed by atoms with Crippen LogP contribution in [0.4, 0.5) is 0 Å². The van der Waals surface area contributed by atoms with E-state index in [-0.39, 0.29) is 5.41 Å². The molecule has 1 aliphatic carbocycles. The molecule has 96 valence electrons. The van der Waals surface area contributed by atoms with Crippen LogP contribution in [0.3, 0.4) is 0 Å². The zero-order valence-corrected chi connectivity index (χ0v) is 10.9. The summed E-state index contributed by atoms with van der Waals surface area (Å²) in [4.78, 5) is 14.8. The van der Waals surface area contributed by atoms with Crippen LogP contribution in [-0.2, 0) is 10.2 Å². The minimum Gasteiger partial charge on any atom is -0.339 e. The Kier molecular flexibility index (Phi) is 2.86. The van der Waals surface area contributed by atoms with E-state index < -0.39 is 0 Å². The summed E-state index contributed by atoms with van der Waals surface area (Å²) in [5, 5.41) is 3.38. The molecule has 1 saturated heterocycles. The molecule has 2 aliphatic rings. The van der Waals surface area contributed by atoms with E-state index in [2.05, 4.69) is 24.4 Å². The molecule has 3 heteroatoms. The van der Waals surface area contributed by atoms with Crippen LogP contribution >= 0.6 is 0 Å². The van der Waals surface area contributed by atoms with Crippen LogP contribution < -0.4 is 5.32 Å². The van der Waals surface area contributed by atoms with Crippen LogP contribution in [0, 0.1) is 0 Å². The standard InChI is InChI=1S/C15H20N2O/c1-12-11-17(10-9-16-12)14(18)15(7-8-15)13-5-3-2-4-6-13/h2-6,12,16H,7-11H2,1H3/t12-/m0/s1. The minimum atomic E-state index is -0.196. The number of amides is 1.